The minimum Gasteiger partial charge on any atom is -0.481 e. The summed E-state index contributed by atoms with van der Waals surface area (Å²) in [6, 6.07) is 0. The average Bonchev–Trinajstić information content (AvgIpc) is 2.18. The monoisotopic (exact) mass is 199 g/mol. The topological polar surface area (TPSA) is 40.5 Å². The maximum atomic E-state index is 10.9. The van der Waals surface area contributed by atoms with Gasteiger partial charge in [0, 0.05) is 6.54 Å². The highest BCUT2D eigenvalue weighted by Gasteiger charge is 2.20. The van der Waals surface area contributed by atoms with Crippen molar-refractivity contribution in [3.8, 4) is 0 Å². The van der Waals surface area contributed by atoms with Gasteiger partial charge in [-0.05, 0) is 32.4 Å². The number of carboxylic acids is 1. The quantitative estimate of drug-likeness (QED) is 0.736. The molecule has 0 aromatic carbocycles. The van der Waals surface area contributed by atoms with Crippen LogP contribution >= 0.6 is 0 Å². The zero-order valence-electron chi connectivity index (χ0n) is 9.04. The van der Waals surface area contributed by atoms with Crippen molar-refractivity contribution in [1.29, 1.82) is 0 Å². The fraction of sp³-hybridized carbons (Fsp3) is 0.909. The predicted octanol–water partition coefficient (Wildman–Crippen LogP) is 1.97. The summed E-state index contributed by atoms with van der Waals surface area (Å²) in [6.07, 6.45) is 5.55. The normalized spacial score (nSPS) is 20.6. The third-order valence-corrected chi connectivity index (χ3v) is 2.91. The molecule has 1 unspecified atom stereocenters. The van der Waals surface area contributed by atoms with E-state index in [1.54, 1.807) is 0 Å². The third-order valence-electron chi connectivity index (χ3n) is 2.91. The SMILES string of the molecule is CCCC(CN1CCCCC1)C(=O)O. The van der Waals surface area contributed by atoms with Crippen molar-refractivity contribution >= 4 is 5.97 Å². The summed E-state index contributed by atoms with van der Waals surface area (Å²) in [5.41, 5.74) is 0. The molecule has 82 valence electrons. The summed E-state index contributed by atoms with van der Waals surface area (Å²) >= 11 is 0. The van der Waals surface area contributed by atoms with Gasteiger partial charge in [0.15, 0.2) is 0 Å². The number of rotatable bonds is 5. The number of hydrogen-bond acceptors (Lipinski definition) is 2. The maximum absolute atomic E-state index is 10.9. The smallest absolute Gasteiger partial charge is 0.307 e. The summed E-state index contributed by atoms with van der Waals surface area (Å²) in [4.78, 5) is 13.2. The molecule has 0 spiro atoms. The van der Waals surface area contributed by atoms with E-state index < -0.39 is 5.97 Å². The van der Waals surface area contributed by atoms with Crippen LogP contribution in [0.2, 0.25) is 0 Å². The molecule has 1 N–H and O–H groups in total. The number of carbonyl (C=O) groups is 1. The van der Waals surface area contributed by atoms with Crippen LogP contribution in [0.3, 0.4) is 0 Å². The first-order valence-corrected chi connectivity index (χ1v) is 5.69. The molecule has 1 aliphatic heterocycles. The molecule has 1 saturated heterocycles. The molecule has 1 fully saturated rings. The van der Waals surface area contributed by atoms with Crippen molar-refractivity contribution < 1.29 is 9.90 Å². The van der Waals surface area contributed by atoms with Gasteiger partial charge < -0.3 is 10.0 Å². The Hall–Kier alpha value is -0.570. The first kappa shape index (κ1) is 11.5. The van der Waals surface area contributed by atoms with Gasteiger partial charge in [0.05, 0.1) is 5.92 Å². The van der Waals surface area contributed by atoms with Gasteiger partial charge in [-0.2, -0.15) is 0 Å². The van der Waals surface area contributed by atoms with Crippen LogP contribution in [-0.4, -0.2) is 35.6 Å². The average molecular weight is 199 g/mol. The van der Waals surface area contributed by atoms with Gasteiger partial charge in [-0.25, -0.2) is 0 Å². The predicted molar refractivity (Wildman–Crippen MR) is 56.3 cm³/mol. The molecule has 1 aliphatic rings. The van der Waals surface area contributed by atoms with Gasteiger partial charge >= 0.3 is 5.97 Å². The molecule has 3 nitrogen and oxygen atoms in total. The number of likely N-dealkylation sites (tertiary alicyclic amines) is 1. The summed E-state index contributed by atoms with van der Waals surface area (Å²) in [5.74, 6) is -0.782. The Kier molecular flexibility index (Phi) is 4.94. The Balaban J connectivity index is 2.33. The highest BCUT2D eigenvalue weighted by molar-refractivity contribution is 5.70. The summed E-state index contributed by atoms with van der Waals surface area (Å²) in [5, 5.41) is 9.01. The fourth-order valence-corrected chi connectivity index (χ4v) is 2.09. The van der Waals surface area contributed by atoms with E-state index in [1.807, 2.05) is 6.92 Å². The molecule has 1 rings (SSSR count). The second-order valence-electron chi connectivity index (χ2n) is 4.19. The molecule has 0 saturated carbocycles. The van der Waals surface area contributed by atoms with Crippen molar-refractivity contribution in [2.24, 2.45) is 5.92 Å². The third kappa shape index (κ3) is 3.66. The lowest BCUT2D eigenvalue weighted by molar-refractivity contribution is -0.142. The zero-order chi connectivity index (χ0) is 10.4. The van der Waals surface area contributed by atoms with E-state index in [0.717, 1.165) is 32.5 Å². The molecule has 3 heteroatoms. The number of aliphatic carboxylic acids is 1. The van der Waals surface area contributed by atoms with Gasteiger partial charge in [0.2, 0.25) is 0 Å². The van der Waals surface area contributed by atoms with Gasteiger partial charge in [-0.1, -0.05) is 19.8 Å². The number of carboxylic acid groups (broad SMARTS) is 1. The first-order valence-electron chi connectivity index (χ1n) is 5.69. The van der Waals surface area contributed by atoms with Gasteiger partial charge in [0.25, 0.3) is 0 Å². The number of nitrogens with zero attached hydrogens (tertiary/aromatic N) is 1. The molecular formula is C11H21NO2. The van der Waals surface area contributed by atoms with E-state index >= 15 is 0 Å². The van der Waals surface area contributed by atoms with Crippen LogP contribution in [0.5, 0.6) is 0 Å². The van der Waals surface area contributed by atoms with Gasteiger partial charge in [-0.3, -0.25) is 4.79 Å². The summed E-state index contributed by atoms with van der Waals surface area (Å²) in [7, 11) is 0. The Labute approximate surface area is 86.1 Å². The Morgan fingerprint density at radius 1 is 1.36 bits per heavy atom. The minimum atomic E-state index is -0.627. The Morgan fingerprint density at radius 2 is 2.00 bits per heavy atom. The van der Waals surface area contributed by atoms with Gasteiger partial charge in [0.1, 0.15) is 0 Å². The lowest BCUT2D eigenvalue weighted by Gasteiger charge is -2.28. The summed E-state index contributed by atoms with van der Waals surface area (Å²) in [6.45, 7) is 4.98. The van der Waals surface area contributed by atoms with Crippen molar-refractivity contribution in [3.63, 3.8) is 0 Å². The molecular weight excluding hydrogens is 178 g/mol. The molecule has 0 bridgehead atoms. The van der Waals surface area contributed by atoms with Crippen LogP contribution in [0.15, 0.2) is 0 Å². The molecule has 0 amide bonds. The molecule has 0 aromatic heterocycles. The van der Waals surface area contributed by atoms with Crippen LogP contribution < -0.4 is 0 Å². The van der Waals surface area contributed by atoms with E-state index in [1.165, 1.54) is 19.3 Å². The second-order valence-corrected chi connectivity index (χ2v) is 4.19. The largest absolute Gasteiger partial charge is 0.481 e. The molecule has 0 radical (unpaired) electrons. The fourth-order valence-electron chi connectivity index (χ4n) is 2.09. The second kappa shape index (κ2) is 6.02. The van der Waals surface area contributed by atoms with E-state index in [2.05, 4.69) is 4.90 Å². The van der Waals surface area contributed by atoms with Crippen LogP contribution in [0, 0.1) is 5.92 Å². The van der Waals surface area contributed by atoms with E-state index in [-0.39, 0.29) is 5.92 Å². The van der Waals surface area contributed by atoms with Crippen molar-refractivity contribution in [2.75, 3.05) is 19.6 Å². The van der Waals surface area contributed by atoms with E-state index in [0.29, 0.717) is 0 Å². The lowest BCUT2D eigenvalue weighted by Crippen LogP contribution is -2.36. The van der Waals surface area contributed by atoms with Crippen LogP contribution in [0.25, 0.3) is 0 Å². The van der Waals surface area contributed by atoms with Crippen molar-refractivity contribution in [1.82, 2.24) is 4.90 Å². The van der Waals surface area contributed by atoms with Crippen LogP contribution in [0.4, 0.5) is 0 Å². The zero-order valence-corrected chi connectivity index (χ0v) is 9.04. The molecule has 1 atom stereocenters. The standard InChI is InChI=1S/C11H21NO2/c1-2-6-10(11(13)14)9-12-7-4-3-5-8-12/h10H,2-9H2,1H3,(H,13,14). The van der Waals surface area contributed by atoms with Gasteiger partial charge in [-0.15, -0.1) is 0 Å². The molecule has 1 heterocycles. The first-order chi connectivity index (χ1) is 6.74. The number of hydrogen-bond donors (Lipinski definition) is 1. The molecule has 0 aliphatic carbocycles. The highest BCUT2D eigenvalue weighted by atomic mass is 16.4. The maximum Gasteiger partial charge on any atom is 0.307 e. The van der Waals surface area contributed by atoms with Crippen molar-refractivity contribution in [2.45, 2.75) is 39.0 Å². The Bertz CT molecular complexity index is 176. The molecule has 14 heavy (non-hydrogen) atoms. The van der Waals surface area contributed by atoms with Crippen LogP contribution in [0.1, 0.15) is 39.0 Å². The Morgan fingerprint density at radius 3 is 2.50 bits per heavy atom. The summed E-state index contributed by atoms with van der Waals surface area (Å²) < 4.78 is 0. The van der Waals surface area contributed by atoms with E-state index in [9.17, 15) is 4.79 Å². The highest BCUT2D eigenvalue weighted by Crippen LogP contribution is 2.14. The minimum absolute atomic E-state index is 0.155. The van der Waals surface area contributed by atoms with Crippen molar-refractivity contribution in [3.05, 3.63) is 0 Å². The molecule has 0 aromatic rings. The van der Waals surface area contributed by atoms with Crippen LogP contribution in [-0.2, 0) is 4.79 Å². The number of piperidine rings is 1. The van der Waals surface area contributed by atoms with E-state index in [4.69, 9.17) is 5.11 Å². The lowest BCUT2D eigenvalue weighted by atomic mass is 10.0.